The molecule has 0 N–H and O–H groups in total. The van der Waals surface area contributed by atoms with Gasteiger partial charge in [0, 0.05) is 43.9 Å². The zero-order valence-corrected chi connectivity index (χ0v) is 28.1. The molecule has 0 fully saturated rings. The lowest BCUT2D eigenvalue weighted by atomic mass is 9.61. The Morgan fingerprint density at radius 2 is 0.923 bits per heavy atom. The first kappa shape index (κ1) is 27.9. The fraction of sp³-hybridized carbons (Fsp3) is 0.0204. The molecule has 1 unspecified atom stereocenters. The lowest BCUT2D eigenvalue weighted by Gasteiger charge is -2.45. The summed E-state index contributed by atoms with van der Waals surface area (Å²) in [5, 5.41) is 5.06. The molecular formula is C49H30N2O. The van der Waals surface area contributed by atoms with Gasteiger partial charge >= 0.3 is 0 Å². The summed E-state index contributed by atoms with van der Waals surface area (Å²) in [6.07, 6.45) is 0. The van der Waals surface area contributed by atoms with Gasteiger partial charge in [-0.25, -0.2) is 0 Å². The second-order valence-electron chi connectivity index (χ2n) is 14.0. The van der Waals surface area contributed by atoms with Gasteiger partial charge in [0.15, 0.2) is 0 Å². The van der Waals surface area contributed by atoms with Gasteiger partial charge in [-0.3, -0.25) is 0 Å². The minimum Gasteiger partial charge on any atom is -0.456 e. The van der Waals surface area contributed by atoms with E-state index in [0.29, 0.717) is 0 Å². The topological polar surface area (TPSA) is 19.1 Å². The molecule has 52 heavy (non-hydrogen) atoms. The smallest absolute Gasteiger partial charge is 0.140 e. The summed E-state index contributed by atoms with van der Waals surface area (Å²) in [6.45, 7) is 0. The van der Waals surface area contributed by atoms with Gasteiger partial charge in [0.2, 0.25) is 0 Å². The average Bonchev–Trinajstić information content (AvgIpc) is 3.73. The van der Waals surface area contributed by atoms with Crippen molar-refractivity contribution in [3.05, 3.63) is 204 Å². The number of rotatable bonds is 2. The van der Waals surface area contributed by atoms with Gasteiger partial charge in [-0.1, -0.05) is 140 Å². The molecular weight excluding hydrogens is 633 g/mol. The van der Waals surface area contributed by atoms with Crippen LogP contribution in [-0.2, 0) is 5.41 Å². The molecule has 2 aliphatic rings. The van der Waals surface area contributed by atoms with Gasteiger partial charge in [-0.2, -0.15) is 0 Å². The number of fused-ring (bicyclic) bond motifs is 14. The van der Waals surface area contributed by atoms with E-state index in [1.807, 2.05) is 0 Å². The van der Waals surface area contributed by atoms with Crippen molar-refractivity contribution in [3.8, 4) is 34.0 Å². The highest BCUT2D eigenvalue weighted by Gasteiger charge is 2.50. The first-order chi connectivity index (χ1) is 25.8. The Morgan fingerprint density at radius 1 is 0.385 bits per heavy atom. The van der Waals surface area contributed by atoms with Crippen LogP contribution in [-0.4, -0.2) is 9.13 Å². The molecule has 12 rings (SSSR count). The molecule has 1 atom stereocenters. The maximum Gasteiger partial charge on any atom is 0.140 e. The van der Waals surface area contributed by atoms with Crippen molar-refractivity contribution in [1.29, 1.82) is 0 Å². The van der Waals surface area contributed by atoms with E-state index < -0.39 is 5.41 Å². The van der Waals surface area contributed by atoms with Gasteiger partial charge in [0.05, 0.1) is 33.2 Å². The molecule has 242 valence electrons. The molecule has 0 amide bonds. The molecule has 3 nitrogen and oxygen atoms in total. The zero-order valence-electron chi connectivity index (χ0n) is 28.1. The highest BCUT2D eigenvalue weighted by molar-refractivity contribution is 6.12. The summed E-state index contributed by atoms with van der Waals surface area (Å²) in [5.74, 6) is 1.79. The number of hydrogen-bond donors (Lipinski definition) is 0. The average molecular weight is 663 g/mol. The fourth-order valence-electron chi connectivity index (χ4n) is 9.56. The Kier molecular flexibility index (Phi) is 5.43. The van der Waals surface area contributed by atoms with Crippen LogP contribution < -0.4 is 4.74 Å². The SMILES string of the molecule is c1ccc2c(c1)Oc1c(-c3ccc(-n4c5ccccc5c5ccccc54)cc3)cccc1C21c2ccccc2-n2c3ccccc3c3cccc1c32. The summed E-state index contributed by atoms with van der Waals surface area (Å²) >= 11 is 0. The van der Waals surface area contributed by atoms with Crippen molar-refractivity contribution in [2.75, 3.05) is 0 Å². The second kappa shape index (κ2) is 10.1. The Hall–Kier alpha value is -6.84. The van der Waals surface area contributed by atoms with Crippen molar-refractivity contribution >= 4 is 43.6 Å². The van der Waals surface area contributed by atoms with Crippen LogP contribution in [0.2, 0.25) is 0 Å². The van der Waals surface area contributed by atoms with Gasteiger partial charge in [-0.15, -0.1) is 0 Å². The minimum atomic E-state index is -0.594. The molecule has 8 aromatic carbocycles. The molecule has 0 bridgehead atoms. The Labute approximate surface area is 300 Å². The van der Waals surface area contributed by atoms with E-state index in [1.54, 1.807) is 0 Å². The molecule has 4 heterocycles. The third-order valence-electron chi connectivity index (χ3n) is 11.6. The zero-order chi connectivity index (χ0) is 34.0. The number of para-hydroxylation sites is 7. The summed E-state index contributed by atoms with van der Waals surface area (Å²) in [4.78, 5) is 0. The fourth-order valence-corrected chi connectivity index (χ4v) is 9.56. The van der Waals surface area contributed by atoms with E-state index in [1.165, 1.54) is 60.4 Å². The first-order valence-corrected chi connectivity index (χ1v) is 17.9. The van der Waals surface area contributed by atoms with Crippen molar-refractivity contribution < 1.29 is 4.74 Å². The van der Waals surface area contributed by atoms with Gasteiger partial charge < -0.3 is 13.9 Å². The lowest BCUT2D eigenvalue weighted by molar-refractivity contribution is 0.435. The van der Waals surface area contributed by atoms with E-state index in [9.17, 15) is 0 Å². The van der Waals surface area contributed by atoms with Gasteiger partial charge in [-0.05, 0) is 59.2 Å². The van der Waals surface area contributed by atoms with Crippen LogP contribution in [0.5, 0.6) is 11.5 Å². The number of ether oxygens (including phenoxy) is 1. The van der Waals surface area contributed by atoms with Crippen LogP contribution in [0.1, 0.15) is 22.3 Å². The second-order valence-corrected chi connectivity index (χ2v) is 14.0. The van der Waals surface area contributed by atoms with Crippen molar-refractivity contribution in [2.45, 2.75) is 5.41 Å². The predicted octanol–water partition coefficient (Wildman–Crippen LogP) is 12.3. The quantitative estimate of drug-likeness (QED) is 0.180. The third-order valence-corrected chi connectivity index (χ3v) is 11.6. The van der Waals surface area contributed by atoms with Crippen LogP contribution in [0.25, 0.3) is 66.1 Å². The van der Waals surface area contributed by atoms with Crippen molar-refractivity contribution in [2.24, 2.45) is 0 Å². The lowest BCUT2D eigenvalue weighted by Crippen LogP contribution is -2.37. The van der Waals surface area contributed by atoms with Crippen LogP contribution >= 0.6 is 0 Å². The van der Waals surface area contributed by atoms with Crippen molar-refractivity contribution in [1.82, 2.24) is 9.13 Å². The maximum absolute atomic E-state index is 7.05. The predicted molar refractivity (Wildman–Crippen MR) is 212 cm³/mol. The number of benzene rings is 8. The number of hydrogen-bond acceptors (Lipinski definition) is 1. The molecule has 0 saturated heterocycles. The van der Waals surface area contributed by atoms with E-state index in [2.05, 4.69) is 191 Å². The van der Waals surface area contributed by atoms with Crippen LogP contribution in [0.3, 0.4) is 0 Å². The molecule has 0 saturated carbocycles. The minimum absolute atomic E-state index is 0.594. The molecule has 10 aromatic rings. The first-order valence-electron chi connectivity index (χ1n) is 17.9. The highest BCUT2D eigenvalue weighted by atomic mass is 16.5. The molecule has 0 radical (unpaired) electrons. The summed E-state index contributed by atoms with van der Waals surface area (Å²) in [7, 11) is 0. The monoisotopic (exact) mass is 662 g/mol. The van der Waals surface area contributed by atoms with E-state index in [4.69, 9.17) is 4.74 Å². The van der Waals surface area contributed by atoms with Crippen LogP contribution in [0, 0.1) is 0 Å². The van der Waals surface area contributed by atoms with E-state index in [-0.39, 0.29) is 0 Å². The Morgan fingerprint density at radius 3 is 1.67 bits per heavy atom. The van der Waals surface area contributed by atoms with Gasteiger partial charge in [0.25, 0.3) is 0 Å². The summed E-state index contributed by atoms with van der Waals surface area (Å²) in [6, 6.07) is 66.3. The maximum atomic E-state index is 7.05. The Balaban J connectivity index is 1.13. The largest absolute Gasteiger partial charge is 0.456 e. The summed E-state index contributed by atoms with van der Waals surface area (Å²) in [5.41, 5.74) is 13.7. The molecule has 2 aromatic heterocycles. The number of nitrogens with zero attached hydrogens (tertiary/aromatic N) is 2. The highest BCUT2D eigenvalue weighted by Crippen LogP contribution is 2.61. The van der Waals surface area contributed by atoms with Crippen molar-refractivity contribution in [3.63, 3.8) is 0 Å². The van der Waals surface area contributed by atoms with Crippen LogP contribution in [0.4, 0.5) is 0 Å². The molecule has 2 aliphatic heterocycles. The van der Waals surface area contributed by atoms with Gasteiger partial charge in [0.1, 0.15) is 11.5 Å². The third kappa shape index (κ3) is 3.40. The molecule has 3 heteroatoms. The van der Waals surface area contributed by atoms with E-state index in [0.717, 1.165) is 39.4 Å². The standard InChI is InChI=1S/C49H30N2O/c1-6-22-42-34(13-1)35-14-2-7-23-43(35)50(42)32-29-27-31(28-30-32)33-16-11-21-41-48(33)52-46-26-10-5-19-39(46)49(41)38-18-4-9-25-45(38)51-44-24-8-3-15-36(44)37-17-12-20-40(49)47(37)51/h1-30H. The molecule has 1 spiro atoms. The molecule has 0 aliphatic carbocycles. The Bertz CT molecular complexity index is 3050. The summed E-state index contributed by atoms with van der Waals surface area (Å²) < 4.78 is 11.9. The van der Waals surface area contributed by atoms with E-state index >= 15 is 0 Å². The normalized spacial score (nSPS) is 15.5. The number of aromatic nitrogens is 2. The van der Waals surface area contributed by atoms with Crippen LogP contribution in [0.15, 0.2) is 182 Å².